The maximum absolute atomic E-state index is 10.1. The molecule has 0 saturated heterocycles. The van der Waals surface area contributed by atoms with E-state index in [1.54, 1.807) is 6.08 Å². The topological polar surface area (TPSA) is 63.6 Å². The predicted octanol–water partition coefficient (Wildman–Crippen LogP) is 1.52. The van der Waals surface area contributed by atoms with Crippen molar-refractivity contribution in [3.8, 4) is 0 Å². The van der Waals surface area contributed by atoms with Gasteiger partial charge in [0.1, 0.15) is 0 Å². The van der Waals surface area contributed by atoms with E-state index >= 15 is 0 Å². The normalized spacial score (nSPS) is 12.1. The van der Waals surface area contributed by atoms with Crippen molar-refractivity contribution in [3.63, 3.8) is 0 Å². The molecule has 1 rings (SSSR count). The van der Waals surface area contributed by atoms with E-state index in [0.29, 0.717) is 0 Å². The van der Waals surface area contributed by atoms with Crippen LogP contribution in [0.15, 0.2) is 36.4 Å². The molecule has 0 saturated carbocycles. The molecular weight excluding hydrogens is 204 g/mol. The SMILES string of the molecule is O=S(=O)(O)OCC=Cc1ccccc1. The van der Waals surface area contributed by atoms with Gasteiger partial charge in [0.2, 0.25) is 0 Å². The molecule has 5 heteroatoms. The Morgan fingerprint density at radius 3 is 2.50 bits per heavy atom. The fourth-order valence-corrected chi connectivity index (χ4v) is 1.12. The van der Waals surface area contributed by atoms with E-state index in [4.69, 9.17) is 4.55 Å². The van der Waals surface area contributed by atoms with Crippen molar-refractivity contribution in [1.29, 1.82) is 0 Å². The van der Waals surface area contributed by atoms with Crippen LogP contribution < -0.4 is 0 Å². The first-order chi connectivity index (χ1) is 6.58. The van der Waals surface area contributed by atoms with Gasteiger partial charge in [-0.3, -0.25) is 4.55 Å². The molecule has 14 heavy (non-hydrogen) atoms. The summed E-state index contributed by atoms with van der Waals surface area (Å²) in [5.41, 5.74) is 0.937. The predicted molar refractivity (Wildman–Crippen MR) is 53.0 cm³/mol. The molecule has 0 bridgehead atoms. The molecule has 4 nitrogen and oxygen atoms in total. The average Bonchev–Trinajstić information content (AvgIpc) is 2.13. The Morgan fingerprint density at radius 1 is 1.29 bits per heavy atom. The van der Waals surface area contributed by atoms with Crippen molar-refractivity contribution in [2.45, 2.75) is 0 Å². The highest BCUT2D eigenvalue weighted by Crippen LogP contribution is 2.00. The van der Waals surface area contributed by atoms with Gasteiger partial charge in [0.25, 0.3) is 0 Å². The van der Waals surface area contributed by atoms with Crippen LogP contribution >= 0.6 is 0 Å². The van der Waals surface area contributed by atoms with Gasteiger partial charge >= 0.3 is 10.4 Å². The van der Waals surface area contributed by atoms with Crippen LogP contribution in [0, 0.1) is 0 Å². The molecule has 76 valence electrons. The van der Waals surface area contributed by atoms with Crippen LogP contribution in [-0.4, -0.2) is 19.6 Å². The number of hydrogen-bond acceptors (Lipinski definition) is 3. The summed E-state index contributed by atoms with van der Waals surface area (Å²) in [6.07, 6.45) is 3.20. The van der Waals surface area contributed by atoms with Crippen molar-refractivity contribution in [2.75, 3.05) is 6.61 Å². The first-order valence-corrected chi connectivity index (χ1v) is 5.28. The van der Waals surface area contributed by atoms with E-state index < -0.39 is 10.4 Å². The quantitative estimate of drug-likeness (QED) is 0.772. The van der Waals surface area contributed by atoms with E-state index in [1.807, 2.05) is 30.3 Å². The van der Waals surface area contributed by atoms with Crippen LogP contribution in [0.2, 0.25) is 0 Å². The molecule has 0 unspecified atom stereocenters. The van der Waals surface area contributed by atoms with E-state index in [-0.39, 0.29) is 6.61 Å². The van der Waals surface area contributed by atoms with Crippen LogP contribution in [0.4, 0.5) is 0 Å². The van der Waals surface area contributed by atoms with Crippen LogP contribution in [0.5, 0.6) is 0 Å². The van der Waals surface area contributed by atoms with Gasteiger partial charge in [-0.1, -0.05) is 42.5 Å². The molecule has 0 aromatic heterocycles. The lowest BCUT2D eigenvalue weighted by Gasteiger charge is -1.93. The van der Waals surface area contributed by atoms with Crippen molar-refractivity contribution in [2.24, 2.45) is 0 Å². The van der Waals surface area contributed by atoms with Crippen molar-refractivity contribution in [3.05, 3.63) is 42.0 Å². The molecule has 0 aliphatic heterocycles. The highest BCUT2D eigenvalue weighted by molar-refractivity contribution is 7.80. The Balaban J connectivity index is 2.43. The number of benzene rings is 1. The summed E-state index contributed by atoms with van der Waals surface area (Å²) in [6.45, 7) is -0.173. The lowest BCUT2D eigenvalue weighted by atomic mass is 10.2. The Hall–Kier alpha value is -1.17. The second kappa shape index (κ2) is 4.90. The van der Waals surface area contributed by atoms with Crippen molar-refractivity contribution < 1.29 is 17.2 Å². The summed E-state index contributed by atoms with van der Waals surface area (Å²) in [7, 11) is -4.33. The minimum atomic E-state index is -4.33. The fourth-order valence-electron chi connectivity index (χ4n) is 0.874. The van der Waals surface area contributed by atoms with Gasteiger partial charge in [-0.2, -0.15) is 8.42 Å². The minimum absolute atomic E-state index is 0.173. The van der Waals surface area contributed by atoms with Gasteiger partial charge < -0.3 is 0 Å². The van der Waals surface area contributed by atoms with Crippen molar-refractivity contribution in [1.82, 2.24) is 0 Å². The molecule has 0 heterocycles. The molecule has 1 N–H and O–H groups in total. The second-order valence-electron chi connectivity index (χ2n) is 2.53. The molecule has 0 amide bonds. The minimum Gasteiger partial charge on any atom is -0.264 e. The molecule has 1 aromatic rings. The maximum Gasteiger partial charge on any atom is 0.397 e. The fraction of sp³-hybridized carbons (Fsp3) is 0.111. The average molecular weight is 214 g/mol. The third-order valence-corrected chi connectivity index (χ3v) is 1.86. The lowest BCUT2D eigenvalue weighted by molar-refractivity contribution is 0.297. The Kier molecular flexibility index (Phi) is 3.82. The summed E-state index contributed by atoms with van der Waals surface area (Å²) in [6, 6.07) is 9.34. The zero-order valence-electron chi connectivity index (χ0n) is 7.33. The zero-order chi connectivity index (χ0) is 10.4. The Bertz CT molecular complexity index is 394. The Labute approximate surface area is 82.8 Å². The summed E-state index contributed by atoms with van der Waals surface area (Å²) in [5, 5.41) is 0. The second-order valence-corrected chi connectivity index (χ2v) is 3.62. The van der Waals surface area contributed by atoms with Gasteiger partial charge in [-0.15, -0.1) is 0 Å². The molecule has 0 aliphatic rings. The van der Waals surface area contributed by atoms with Crippen molar-refractivity contribution >= 4 is 16.5 Å². The lowest BCUT2D eigenvalue weighted by Crippen LogP contribution is -2.02. The van der Waals surface area contributed by atoms with Crippen LogP contribution in [0.3, 0.4) is 0 Å². The standard InChI is InChI=1S/C9H10O4S/c10-14(11,12)13-8-4-7-9-5-2-1-3-6-9/h1-7H,8H2,(H,10,11,12). The Morgan fingerprint density at radius 2 is 1.93 bits per heavy atom. The molecule has 0 aliphatic carbocycles. The first kappa shape index (κ1) is 10.9. The summed E-state index contributed by atoms with van der Waals surface area (Å²) < 4.78 is 32.6. The van der Waals surface area contributed by atoms with Gasteiger partial charge in [0.15, 0.2) is 0 Å². The van der Waals surface area contributed by atoms with Gasteiger partial charge in [0.05, 0.1) is 6.61 Å². The zero-order valence-corrected chi connectivity index (χ0v) is 8.15. The molecular formula is C9H10O4S. The van der Waals surface area contributed by atoms with E-state index in [9.17, 15) is 8.42 Å². The highest BCUT2D eigenvalue weighted by Gasteiger charge is 1.99. The number of hydrogen-bond donors (Lipinski definition) is 1. The van der Waals surface area contributed by atoms with Crippen LogP contribution in [0.25, 0.3) is 6.08 Å². The molecule has 0 spiro atoms. The number of rotatable bonds is 4. The molecule has 0 fully saturated rings. The maximum atomic E-state index is 10.1. The first-order valence-electron chi connectivity index (χ1n) is 3.91. The van der Waals surface area contributed by atoms with Gasteiger partial charge in [0, 0.05) is 0 Å². The highest BCUT2D eigenvalue weighted by atomic mass is 32.3. The summed E-state index contributed by atoms with van der Waals surface area (Å²) in [5.74, 6) is 0. The van der Waals surface area contributed by atoms with E-state index in [1.165, 1.54) is 6.08 Å². The van der Waals surface area contributed by atoms with Gasteiger partial charge in [-0.25, -0.2) is 4.18 Å². The van der Waals surface area contributed by atoms with Crippen LogP contribution in [-0.2, 0) is 14.6 Å². The van der Waals surface area contributed by atoms with E-state index in [2.05, 4.69) is 4.18 Å². The van der Waals surface area contributed by atoms with E-state index in [0.717, 1.165) is 5.56 Å². The molecule has 1 aromatic carbocycles. The third-order valence-electron chi connectivity index (χ3n) is 1.42. The molecule has 0 atom stereocenters. The monoisotopic (exact) mass is 214 g/mol. The molecule has 0 radical (unpaired) electrons. The van der Waals surface area contributed by atoms with Gasteiger partial charge in [-0.05, 0) is 5.56 Å². The van der Waals surface area contributed by atoms with Crippen LogP contribution in [0.1, 0.15) is 5.56 Å². The summed E-state index contributed by atoms with van der Waals surface area (Å²) in [4.78, 5) is 0. The summed E-state index contributed by atoms with van der Waals surface area (Å²) >= 11 is 0. The smallest absolute Gasteiger partial charge is 0.264 e. The largest absolute Gasteiger partial charge is 0.397 e. The third kappa shape index (κ3) is 4.76.